The number of aromatic amines is 1. The van der Waals surface area contributed by atoms with Crippen LogP contribution in [0.5, 0.6) is 0 Å². The normalized spacial score (nSPS) is 10.9. The third kappa shape index (κ3) is 0.650. The van der Waals surface area contributed by atoms with Gasteiger partial charge in [-0.25, -0.2) is 0 Å². The quantitative estimate of drug-likeness (QED) is 0.684. The Hall–Kier alpha value is -0.650. The molecule has 3 nitrogen and oxygen atoms in total. The second-order valence-corrected chi connectivity index (χ2v) is 3.17. The molecule has 0 radical (unpaired) electrons. The van der Waals surface area contributed by atoms with Gasteiger partial charge >= 0.3 is 0 Å². The van der Waals surface area contributed by atoms with Gasteiger partial charge in [0.1, 0.15) is 5.65 Å². The Morgan fingerprint density at radius 1 is 1.60 bits per heavy atom. The van der Waals surface area contributed by atoms with Gasteiger partial charge in [-0.05, 0) is 6.07 Å². The van der Waals surface area contributed by atoms with E-state index in [1.807, 2.05) is 15.0 Å². The van der Waals surface area contributed by atoms with Crippen LogP contribution in [0.2, 0.25) is 0 Å². The number of nitrogen functional groups attached to an aromatic ring is 1. The molecule has 3 N–H and O–H groups in total. The third-order valence-electron chi connectivity index (χ3n) is 1.52. The van der Waals surface area contributed by atoms with Gasteiger partial charge in [-0.15, -0.1) is 0 Å². The van der Waals surface area contributed by atoms with Crippen LogP contribution < -0.4 is 5.73 Å². The maximum absolute atomic E-state index is 5.64. The molecule has 10 heavy (non-hydrogen) atoms. The van der Waals surface area contributed by atoms with Crippen molar-refractivity contribution < 1.29 is 0 Å². The van der Waals surface area contributed by atoms with E-state index in [0.29, 0.717) is 0 Å². The third-order valence-corrected chi connectivity index (χ3v) is 2.32. The van der Waals surface area contributed by atoms with Crippen LogP contribution >= 0.6 is 22.9 Å². The fourth-order valence-corrected chi connectivity index (χ4v) is 1.56. The monoisotopic (exact) mass is 247 g/mol. The lowest BCUT2D eigenvalue weighted by molar-refractivity contribution is 1.32. The van der Waals surface area contributed by atoms with E-state index in [9.17, 15) is 0 Å². The minimum atomic E-state index is 0.811. The van der Waals surface area contributed by atoms with E-state index in [0.717, 1.165) is 16.7 Å². The minimum Gasteiger partial charge on any atom is -0.397 e. The fourth-order valence-electron chi connectivity index (χ4n) is 1.00. The molecule has 0 aliphatic heterocycles. The Kier molecular flexibility index (Phi) is 1.17. The Labute approximate surface area is 71.7 Å². The van der Waals surface area contributed by atoms with Crippen molar-refractivity contribution in [3.8, 4) is 0 Å². The highest BCUT2D eigenvalue weighted by Crippen LogP contribution is 2.22. The Bertz CT molecular complexity index is 324. The molecular weight excluding hydrogens is 241 g/mol. The summed E-state index contributed by atoms with van der Waals surface area (Å²) in [5.41, 5.74) is 7.52. The molecule has 4 heteroatoms. The second kappa shape index (κ2) is 1.91. The number of hydrogen-bond acceptors (Lipinski definition) is 1. The lowest BCUT2D eigenvalue weighted by Gasteiger charge is -1.83. The van der Waals surface area contributed by atoms with Gasteiger partial charge < -0.3 is 10.7 Å². The summed E-state index contributed by atoms with van der Waals surface area (Å²) < 4.78 is 1.98. The molecule has 2 aromatic heterocycles. The number of nitrogens with one attached hydrogen (secondary N) is 1. The molecule has 2 aromatic rings. The molecular formula is C6H6IN3. The first-order valence-electron chi connectivity index (χ1n) is 2.89. The maximum Gasteiger partial charge on any atom is 0.128 e. The van der Waals surface area contributed by atoms with Crippen LogP contribution in [0.25, 0.3) is 11.0 Å². The SMILES string of the molecule is Nc1c[nH]c2c1ccn2I. The van der Waals surface area contributed by atoms with Gasteiger partial charge in [0.2, 0.25) is 0 Å². The van der Waals surface area contributed by atoms with Crippen LogP contribution in [0.4, 0.5) is 5.69 Å². The van der Waals surface area contributed by atoms with Crippen molar-refractivity contribution in [1.82, 2.24) is 7.76 Å². The van der Waals surface area contributed by atoms with Gasteiger partial charge in [0.05, 0.1) is 28.6 Å². The van der Waals surface area contributed by atoms with E-state index in [1.54, 1.807) is 6.20 Å². The minimum absolute atomic E-state index is 0.811. The molecule has 0 aliphatic rings. The zero-order valence-electron chi connectivity index (χ0n) is 5.13. The summed E-state index contributed by atoms with van der Waals surface area (Å²) in [6, 6.07) is 1.99. The smallest absolute Gasteiger partial charge is 0.128 e. The molecule has 0 spiro atoms. The van der Waals surface area contributed by atoms with Gasteiger partial charge in [0, 0.05) is 17.8 Å². The van der Waals surface area contributed by atoms with Crippen LogP contribution in [-0.4, -0.2) is 7.76 Å². The average Bonchev–Trinajstić information content (AvgIpc) is 2.41. The van der Waals surface area contributed by atoms with E-state index in [4.69, 9.17) is 5.73 Å². The van der Waals surface area contributed by atoms with Crippen molar-refractivity contribution in [1.29, 1.82) is 0 Å². The number of nitrogens with two attached hydrogens (primary N) is 1. The molecule has 0 aliphatic carbocycles. The molecule has 0 bridgehead atoms. The fraction of sp³-hybridized carbons (Fsp3) is 0. The average molecular weight is 247 g/mol. The Morgan fingerprint density at radius 3 is 3.10 bits per heavy atom. The summed E-state index contributed by atoms with van der Waals surface area (Å²) in [5.74, 6) is 0. The molecule has 0 atom stereocenters. The van der Waals surface area contributed by atoms with Gasteiger partial charge in [0.25, 0.3) is 0 Å². The lowest BCUT2D eigenvalue weighted by atomic mass is 10.4. The van der Waals surface area contributed by atoms with Crippen molar-refractivity contribution >= 4 is 39.6 Å². The molecule has 0 aromatic carbocycles. The topological polar surface area (TPSA) is 46.7 Å². The van der Waals surface area contributed by atoms with Crippen LogP contribution in [0.1, 0.15) is 0 Å². The van der Waals surface area contributed by atoms with E-state index in [-0.39, 0.29) is 0 Å². The van der Waals surface area contributed by atoms with E-state index >= 15 is 0 Å². The largest absolute Gasteiger partial charge is 0.397 e. The number of rotatable bonds is 0. The molecule has 0 amide bonds. The van der Waals surface area contributed by atoms with Crippen LogP contribution in [0.15, 0.2) is 18.5 Å². The van der Waals surface area contributed by atoms with Crippen molar-refractivity contribution in [3.63, 3.8) is 0 Å². The predicted molar refractivity (Wildman–Crippen MR) is 50.1 cm³/mol. The highest BCUT2D eigenvalue weighted by molar-refractivity contribution is 14.1. The molecule has 0 saturated heterocycles. The number of anilines is 1. The summed E-state index contributed by atoms with van der Waals surface area (Å²) in [5, 5.41) is 1.09. The molecule has 2 rings (SSSR count). The summed E-state index contributed by atoms with van der Waals surface area (Å²) in [7, 11) is 0. The zero-order chi connectivity index (χ0) is 7.14. The van der Waals surface area contributed by atoms with Crippen LogP contribution in [0, 0.1) is 0 Å². The highest BCUT2D eigenvalue weighted by atomic mass is 127. The number of nitrogens with zero attached hydrogens (tertiary/aromatic N) is 1. The number of fused-ring (bicyclic) bond motifs is 1. The Balaban J connectivity index is 2.95. The summed E-state index contributed by atoms with van der Waals surface area (Å²) >= 11 is 2.20. The van der Waals surface area contributed by atoms with Crippen molar-refractivity contribution in [2.24, 2.45) is 0 Å². The lowest BCUT2D eigenvalue weighted by Crippen LogP contribution is -1.77. The van der Waals surface area contributed by atoms with Crippen LogP contribution in [-0.2, 0) is 0 Å². The molecule has 2 heterocycles. The maximum atomic E-state index is 5.64. The standard InChI is InChI=1S/C6H6IN3/c7-10-2-1-4-5(8)3-9-6(4)10/h1-3,9H,8H2. The first-order chi connectivity index (χ1) is 4.79. The van der Waals surface area contributed by atoms with Crippen molar-refractivity contribution in [2.45, 2.75) is 0 Å². The summed E-state index contributed by atoms with van der Waals surface area (Å²) in [6.45, 7) is 0. The number of aromatic nitrogens is 2. The van der Waals surface area contributed by atoms with Crippen molar-refractivity contribution in [2.75, 3.05) is 5.73 Å². The van der Waals surface area contributed by atoms with E-state index < -0.39 is 0 Å². The summed E-state index contributed by atoms with van der Waals surface area (Å²) in [6.07, 6.45) is 3.78. The van der Waals surface area contributed by atoms with Gasteiger partial charge in [-0.2, -0.15) is 0 Å². The molecule has 0 fully saturated rings. The van der Waals surface area contributed by atoms with Gasteiger partial charge in [-0.1, -0.05) is 0 Å². The van der Waals surface area contributed by atoms with E-state index in [1.165, 1.54) is 0 Å². The van der Waals surface area contributed by atoms with E-state index in [2.05, 4.69) is 27.8 Å². The zero-order valence-corrected chi connectivity index (χ0v) is 7.29. The highest BCUT2D eigenvalue weighted by Gasteiger charge is 2.01. The van der Waals surface area contributed by atoms with Crippen molar-refractivity contribution in [3.05, 3.63) is 18.5 Å². The number of H-pyrrole nitrogens is 1. The second-order valence-electron chi connectivity index (χ2n) is 2.13. The first kappa shape index (κ1) is 6.09. The molecule has 0 saturated carbocycles. The Morgan fingerprint density at radius 2 is 2.40 bits per heavy atom. The molecule has 52 valence electrons. The first-order valence-corrected chi connectivity index (χ1v) is 3.85. The number of halogens is 1. The molecule has 0 unspecified atom stereocenters. The predicted octanol–water partition coefficient (Wildman–Crippen LogP) is 1.75. The number of hydrogen-bond donors (Lipinski definition) is 2. The van der Waals surface area contributed by atoms with Gasteiger partial charge in [0.15, 0.2) is 0 Å². The van der Waals surface area contributed by atoms with Crippen LogP contribution in [0.3, 0.4) is 0 Å². The van der Waals surface area contributed by atoms with Gasteiger partial charge in [-0.3, -0.25) is 2.78 Å². The summed E-state index contributed by atoms with van der Waals surface area (Å²) in [4.78, 5) is 3.07.